The molecular formula is C66H66N5Pt-3. The van der Waals surface area contributed by atoms with E-state index in [2.05, 4.69) is 258 Å². The van der Waals surface area contributed by atoms with E-state index in [1.54, 1.807) is 0 Å². The van der Waals surface area contributed by atoms with Gasteiger partial charge in [-0.15, -0.1) is 53.8 Å². The van der Waals surface area contributed by atoms with E-state index >= 15 is 0 Å². The van der Waals surface area contributed by atoms with Crippen LogP contribution in [0.25, 0.3) is 22.3 Å². The summed E-state index contributed by atoms with van der Waals surface area (Å²) in [5, 5.41) is 0. The van der Waals surface area contributed by atoms with Crippen LogP contribution in [0.4, 0.5) is 57.0 Å². The molecule has 1 saturated carbocycles. The zero-order valence-electron chi connectivity index (χ0n) is 43.3. The van der Waals surface area contributed by atoms with Crippen molar-refractivity contribution in [3.63, 3.8) is 0 Å². The summed E-state index contributed by atoms with van der Waals surface area (Å²) in [6.07, 6.45) is 8.33. The van der Waals surface area contributed by atoms with Crippen molar-refractivity contribution in [2.24, 2.45) is 0 Å². The van der Waals surface area contributed by atoms with Gasteiger partial charge in [-0.2, -0.15) is 6.07 Å². The van der Waals surface area contributed by atoms with E-state index in [0.29, 0.717) is 5.92 Å². The molecule has 3 heterocycles. The Bertz CT molecular complexity index is 3230. The molecule has 11 rings (SSSR count). The normalized spacial score (nSPS) is 14.7. The fourth-order valence-electron chi connectivity index (χ4n) is 10.8. The summed E-state index contributed by atoms with van der Waals surface area (Å²) in [6, 6.07) is 66.2. The Kier molecular flexibility index (Phi) is 13.1. The molecule has 0 saturated heterocycles. The minimum absolute atomic E-state index is 0. The number of rotatable bonds is 7. The molecule has 1 aliphatic carbocycles. The van der Waals surface area contributed by atoms with Crippen molar-refractivity contribution < 1.29 is 21.1 Å². The summed E-state index contributed by atoms with van der Waals surface area (Å²) in [7, 11) is 0. The number of pyridine rings is 1. The molecule has 3 aliphatic rings. The second-order valence-corrected chi connectivity index (χ2v) is 23.0. The molecule has 1 fully saturated rings. The Morgan fingerprint density at radius 3 is 1.74 bits per heavy atom. The van der Waals surface area contributed by atoms with Crippen molar-refractivity contribution >= 4 is 57.0 Å². The van der Waals surface area contributed by atoms with Crippen molar-refractivity contribution in [2.75, 3.05) is 19.6 Å². The van der Waals surface area contributed by atoms with E-state index in [9.17, 15) is 0 Å². The van der Waals surface area contributed by atoms with Crippen LogP contribution in [-0.2, 0) is 37.3 Å². The molecular weight excluding hydrogens is 1060 g/mol. The number of benzene rings is 7. The van der Waals surface area contributed by atoms with Gasteiger partial charge in [0.15, 0.2) is 0 Å². The molecule has 0 radical (unpaired) electrons. The molecule has 72 heavy (non-hydrogen) atoms. The molecule has 8 aromatic rings. The van der Waals surface area contributed by atoms with E-state index in [1.807, 2.05) is 6.20 Å². The van der Waals surface area contributed by atoms with Crippen molar-refractivity contribution in [3.8, 4) is 22.3 Å². The SMILES string of the molecule is CC(C)(C)c1cc(N2[CH-]N(c3cc(C(C)(C)C)cc(C(C)(C)C)c3)c3ccccc32)[c-]c(N(c2[c-]c3c(cc2)-c2ccccc2-c2ccccc2N3c2cc(C3CCCCC3)ccn2)c2ccccc2)c1.[Pt]. The summed E-state index contributed by atoms with van der Waals surface area (Å²) < 4.78 is 0. The predicted molar refractivity (Wildman–Crippen MR) is 299 cm³/mol. The van der Waals surface area contributed by atoms with Gasteiger partial charge in [0, 0.05) is 55.6 Å². The number of para-hydroxylation sites is 4. The van der Waals surface area contributed by atoms with Gasteiger partial charge in [0.25, 0.3) is 0 Å². The fraction of sp³-hybridized carbons (Fsp3) is 0.273. The number of hydrogen-bond donors (Lipinski definition) is 0. The van der Waals surface area contributed by atoms with Crippen molar-refractivity contribution in [3.05, 3.63) is 205 Å². The van der Waals surface area contributed by atoms with E-state index in [-0.39, 0.29) is 37.3 Å². The number of nitrogens with zero attached hydrogens (tertiary/aromatic N) is 5. The maximum atomic E-state index is 5.20. The summed E-state index contributed by atoms with van der Waals surface area (Å²) in [5.41, 5.74) is 18.9. The Balaban J connectivity index is 0.00000596. The zero-order valence-corrected chi connectivity index (χ0v) is 45.6. The first-order valence-corrected chi connectivity index (χ1v) is 25.7. The number of anilines is 10. The topological polar surface area (TPSA) is 25.9 Å². The number of aromatic nitrogens is 1. The van der Waals surface area contributed by atoms with Crippen LogP contribution in [0.5, 0.6) is 0 Å². The standard InChI is InChI=1S/C66H66N5.Pt/c1-64(2,3)47-37-48(65(4,5)6)39-52(38-47)68-44-69(61-31-21-20-30-60(61)68)53-40-49(66(7,8)9)41-54(42-53)70(50-24-14-11-15-25-50)51-32-33-58-56-27-17-16-26-55(56)57-28-18-19-29-59(57)71(62(58)43-51)63-36-46(34-35-67-63)45-22-12-10-13-23-45;/h11,14-21,24-41,44-45H,10,12-13,22-23H2,1-9H3;/q-3;. The Morgan fingerprint density at radius 1 is 0.514 bits per heavy atom. The first-order valence-electron chi connectivity index (χ1n) is 25.7. The van der Waals surface area contributed by atoms with Crippen LogP contribution in [0.3, 0.4) is 0 Å². The molecule has 5 nitrogen and oxygen atoms in total. The largest absolute Gasteiger partial charge is 0.493 e. The van der Waals surface area contributed by atoms with Gasteiger partial charge in [-0.1, -0.05) is 183 Å². The maximum absolute atomic E-state index is 5.20. The van der Waals surface area contributed by atoms with Gasteiger partial charge in [0.1, 0.15) is 5.82 Å². The van der Waals surface area contributed by atoms with Gasteiger partial charge >= 0.3 is 0 Å². The quantitative estimate of drug-likeness (QED) is 0.148. The van der Waals surface area contributed by atoms with Gasteiger partial charge in [0.05, 0.1) is 5.69 Å². The minimum Gasteiger partial charge on any atom is -0.493 e. The molecule has 7 aromatic carbocycles. The fourth-order valence-corrected chi connectivity index (χ4v) is 10.8. The molecule has 1 aromatic heterocycles. The van der Waals surface area contributed by atoms with E-state index < -0.39 is 0 Å². The van der Waals surface area contributed by atoms with E-state index in [1.165, 1.54) is 71.0 Å². The molecule has 0 bridgehead atoms. The monoisotopic (exact) mass is 1120 g/mol. The smallest absolute Gasteiger partial charge is 0.135 e. The first-order chi connectivity index (χ1) is 34.1. The number of fused-ring (bicyclic) bond motifs is 6. The average Bonchev–Trinajstić information content (AvgIpc) is 3.71. The molecule has 0 N–H and O–H groups in total. The third-order valence-corrected chi connectivity index (χ3v) is 14.9. The Morgan fingerprint density at radius 2 is 1.08 bits per heavy atom. The van der Waals surface area contributed by atoms with Gasteiger partial charge in [-0.25, -0.2) is 4.98 Å². The van der Waals surface area contributed by atoms with Gasteiger partial charge in [-0.05, 0) is 112 Å². The van der Waals surface area contributed by atoms with Crippen LogP contribution in [0.1, 0.15) is 123 Å². The molecule has 368 valence electrons. The molecule has 2 aliphatic heterocycles. The van der Waals surface area contributed by atoms with Crippen LogP contribution in [0.2, 0.25) is 0 Å². The van der Waals surface area contributed by atoms with Crippen molar-refractivity contribution in [1.29, 1.82) is 0 Å². The third kappa shape index (κ3) is 9.30. The van der Waals surface area contributed by atoms with Gasteiger partial charge in [0.2, 0.25) is 0 Å². The summed E-state index contributed by atoms with van der Waals surface area (Å²) in [6.45, 7) is 23.0. The Hall–Kier alpha value is -6.42. The van der Waals surface area contributed by atoms with E-state index in [0.717, 1.165) is 62.6 Å². The second-order valence-electron chi connectivity index (χ2n) is 23.0. The molecule has 0 unspecified atom stereocenters. The Labute approximate surface area is 443 Å². The average molecular weight is 1120 g/mol. The van der Waals surface area contributed by atoms with Gasteiger partial charge < -0.3 is 19.6 Å². The minimum atomic E-state index is -0.181. The molecule has 6 heteroatoms. The third-order valence-electron chi connectivity index (χ3n) is 14.9. The number of hydrogen-bond acceptors (Lipinski definition) is 5. The van der Waals surface area contributed by atoms with Gasteiger partial charge in [-0.3, -0.25) is 0 Å². The van der Waals surface area contributed by atoms with Crippen molar-refractivity contribution in [1.82, 2.24) is 4.98 Å². The second kappa shape index (κ2) is 19.2. The molecule has 0 spiro atoms. The first kappa shape index (κ1) is 49.2. The van der Waals surface area contributed by atoms with Crippen LogP contribution < -0.4 is 19.6 Å². The zero-order chi connectivity index (χ0) is 49.2. The van der Waals surface area contributed by atoms with Crippen LogP contribution >= 0.6 is 0 Å². The maximum Gasteiger partial charge on any atom is 0.135 e. The molecule has 0 amide bonds. The summed E-state index contributed by atoms with van der Waals surface area (Å²) >= 11 is 0. The summed E-state index contributed by atoms with van der Waals surface area (Å²) in [5.74, 6) is 1.45. The van der Waals surface area contributed by atoms with Crippen molar-refractivity contribution in [2.45, 2.75) is 117 Å². The van der Waals surface area contributed by atoms with Crippen LogP contribution in [0.15, 0.2) is 164 Å². The van der Waals surface area contributed by atoms with E-state index in [4.69, 9.17) is 4.98 Å². The van der Waals surface area contributed by atoms with Crippen LogP contribution in [-0.4, -0.2) is 4.98 Å². The van der Waals surface area contributed by atoms with Crippen LogP contribution in [0, 0.1) is 18.8 Å². The predicted octanol–water partition coefficient (Wildman–Crippen LogP) is 18.6. The summed E-state index contributed by atoms with van der Waals surface area (Å²) in [4.78, 5) is 14.6. The molecule has 0 atom stereocenters.